The van der Waals surface area contributed by atoms with Crippen LogP contribution in [0.3, 0.4) is 0 Å². The molecule has 3 heteroatoms. The molecule has 1 aliphatic carbocycles. The molecule has 1 rings (SSSR count). The fourth-order valence-electron chi connectivity index (χ4n) is 1.32. The Bertz CT molecular complexity index is 144. The lowest BCUT2D eigenvalue weighted by Gasteiger charge is -2.29. The molecule has 11 heavy (non-hydrogen) atoms. The molecule has 0 fully saturated rings. The molecule has 64 valence electrons. The van der Waals surface area contributed by atoms with Gasteiger partial charge < -0.3 is 14.6 Å². The number of aliphatic hydroxyl groups excluding tert-OH is 1. The Morgan fingerprint density at radius 1 is 1.36 bits per heavy atom. The van der Waals surface area contributed by atoms with E-state index in [1.807, 2.05) is 12.2 Å². The van der Waals surface area contributed by atoms with Crippen molar-refractivity contribution >= 4 is 0 Å². The average Bonchev–Trinajstić information content (AvgIpc) is 2.04. The SMILES string of the molecule is CO[C@H]1[C@@H](OC)C=CC[C@@H]1O. The summed E-state index contributed by atoms with van der Waals surface area (Å²) >= 11 is 0. The van der Waals surface area contributed by atoms with Crippen LogP contribution in [-0.2, 0) is 9.47 Å². The first-order chi connectivity index (χ1) is 5.29. The van der Waals surface area contributed by atoms with Gasteiger partial charge in [0.2, 0.25) is 0 Å². The van der Waals surface area contributed by atoms with E-state index in [9.17, 15) is 5.11 Å². The van der Waals surface area contributed by atoms with E-state index < -0.39 is 6.10 Å². The van der Waals surface area contributed by atoms with Crippen molar-refractivity contribution in [1.29, 1.82) is 0 Å². The molecule has 0 spiro atoms. The fraction of sp³-hybridized carbons (Fsp3) is 0.750. The van der Waals surface area contributed by atoms with Gasteiger partial charge in [0.15, 0.2) is 0 Å². The summed E-state index contributed by atoms with van der Waals surface area (Å²) in [6.07, 6.45) is 3.72. The molecule has 0 amide bonds. The molecule has 1 aliphatic rings. The van der Waals surface area contributed by atoms with Crippen molar-refractivity contribution < 1.29 is 14.6 Å². The monoisotopic (exact) mass is 158 g/mol. The van der Waals surface area contributed by atoms with Crippen LogP contribution in [0.15, 0.2) is 12.2 Å². The lowest BCUT2D eigenvalue weighted by molar-refractivity contribution is -0.0817. The number of hydrogen-bond acceptors (Lipinski definition) is 3. The predicted octanol–water partition coefficient (Wildman–Crippen LogP) is 0.337. The summed E-state index contributed by atoms with van der Waals surface area (Å²) in [4.78, 5) is 0. The quantitative estimate of drug-likeness (QED) is 0.589. The van der Waals surface area contributed by atoms with Gasteiger partial charge in [0, 0.05) is 14.2 Å². The minimum Gasteiger partial charge on any atom is -0.390 e. The number of ether oxygens (including phenoxy) is 2. The number of hydrogen-bond donors (Lipinski definition) is 1. The summed E-state index contributed by atoms with van der Waals surface area (Å²) in [6.45, 7) is 0. The number of methoxy groups -OCH3 is 2. The molecule has 1 N–H and O–H groups in total. The smallest absolute Gasteiger partial charge is 0.113 e. The summed E-state index contributed by atoms with van der Waals surface area (Å²) in [6, 6.07) is 0. The lowest BCUT2D eigenvalue weighted by atomic mass is 9.99. The number of rotatable bonds is 2. The zero-order valence-corrected chi connectivity index (χ0v) is 6.86. The fourth-order valence-corrected chi connectivity index (χ4v) is 1.32. The van der Waals surface area contributed by atoms with Crippen LogP contribution in [0.1, 0.15) is 6.42 Å². The Kier molecular flexibility index (Phi) is 3.05. The molecule has 0 bridgehead atoms. The summed E-state index contributed by atoms with van der Waals surface area (Å²) in [5.74, 6) is 0. The highest BCUT2D eigenvalue weighted by Crippen LogP contribution is 2.17. The zero-order chi connectivity index (χ0) is 8.27. The number of aliphatic hydroxyl groups is 1. The molecular formula is C8H14O3. The molecule has 0 aromatic carbocycles. The third-order valence-electron chi connectivity index (χ3n) is 1.95. The highest BCUT2D eigenvalue weighted by atomic mass is 16.5. The van der Waals surface area contributed by atoms with Gasteiger partial charge in [-0.3, -0.25) is 0 Å². The van der Waals surface area contributed by atoms with E-state index in [2.05, 4.69) is 0 Å². The molecule has 3 atom stereocenters. The van der Waals surface area contributed by atoms with Crippen molar-refractivity contribution in [3.8, 4) is 0 Å². The second-order valence-electron chi connectivity index (χ2n) is 2.63. The van der Waals surface area contributed by atoms with Gasteiger partial charge in [-0.05, 0) is 6.42 Å². The van der Waals surface area contributed by atoms with Crippen molar-refractivity contribution in [3.05, 3.63) is 12.2 Å². The van der Waals surface area contributed by atoms with Gasteiger partial charge in [-0.15, -0.1) is 0 Å². The van der Waals surface area contributed by atoms with Crippen LogP contribution in [0.2, 0.25) is 0 Å². The molecule has 0 aromatic rings. The van der Waals surface area contributed by atoms with Crippen molar-refractivity contribution in [2.45, 2.75) is 24.7 Å². The third kappa shape index (κ3) is 1.80. The van der Waals surface area contributed by atoms with Gasteiger partial charge >= 0.3 is 0 Å². The Morgan fingerprint density at radius 2 is 2.09 bits per heavy atom. The molecule has 0 radical (unpaired) electrons. The third-order valence-corrected chi connectivity index (χ3v) is 1.95. The molecule has 0 saturated heterocycles. The highest BCUT2D eigenvalue weighted by molar-refractivity contribution is 5.03. The molecule has 0 saturated carbocycles. The summed E-state index contributed by atoms with van der Waals surface area (Å²) in [7, 11) is 3.19. The Labute approximate surface area is 66.6 Å². The van der Waals surface area contributed by atoms with Gasteiger partial charge in [-0.25, -0.2) is 0 Å². The minimum atomic E-state index is -0.435. The normalized spacial score (nSPS) is 37.5. The van der Waals surface area contributed by atoms with Crippen molar-refractivity contribution in [1.82, 2.24) is 0 Å². The highest BCUT2D eigenvalue weighted by Gasteiger charge is 2.28. The second-order valence-corrected chi connectivity index (χ2v) is 2.63. The van der Waals surface area contributed by atoms with Gasteiger partial charge in [-0.2, -0.15) is 0 Å². The van der Waals surface area contributed by atoms with Gasteiger partial charge in [0.25, 0.3) is 0 Å². The van der Waals surface area contributed by atoms with E-state index in [0.29, 0.717) is 6.42 Å². The Hall–Kier alpha value is -0.380. The van der Waals surface area contributed by atoms with Crippen LogP contribution in [0.25, 0.3) is 0 Å². The van der Waals surface area contributed by atoms with E-state index in [1.54, 1.807) is 14.2 Å². The maximum absolute atomic E-state index is 9.41. The largest absolute Gasteiger partial charge is 0.390 e. The van der Waals surface area contributed by atoms with Crippen LogP contribution in [0.5, 0.6) is 0 Å². The van der Waals surface area contributed by atoms with E-state index in [-0.39, 0.29) is 12.2 Å². The van der Waals surface area contributed by atoms with E-state index >= 15 is 0 Å². The first-order valence-corrected chi connectivity index (χ1v) is 3.70. The molecule has 0 unspecified atom stereocenters. The summed E-state index contributed by atoms with van der Waals surface area (Å²) < 4.78 is 10.2. The second kappa shape index (κ2) is 3.85. The van der Waals surface area contributed by atoms with Gasteiger partial charge in [0.1, 0.15) is 12.2 Å². The van der Waals surface area contributed by atoms with Crippen LogP contribution in [0, 0.1) is 0 Å². The molecular weight excluding hydrogens is 144 g/mol. The average molecular weight is 158 g/mol. The molecule has 0 heterocycles. The Balaban J connectivity index is 2.61. The van der Waals surface area contributed by atoms with Gasteiger partial charge in [-0.1, -0.05) is 12.2 Å². The van der Waals surface area contributed by atoms with Crippen molar-refractivity contribution in [3.63, 3.8) is 0 Å². The van der Waals surface area contributed by atoms with Gasteiger partial charge in [0.05, 0.1) is 6.10 Å². The van der Waals surface area contributed by atoms with Crippen molar-refractivity contribution in [2.75, 3.05) is 14.2 Å². The predicted molar refractivity (Wildman–Crippen MR) is 41.4 cm³/mol. The van der Waals surface area contributed by atoms with E-state index in [4.69, 9.17) is 9.47 Å². The summed E-state index contributed by atoms with van der Waals surface area (Å²) in [5.41, 5.74) is 0. The van der Waals surface area contributed by atoms with Crippen LogP contribution >= 0.6 is 0 Å². The molecule has 0 aliphatic heterocycles. The molecule has 0 aromatic heterocycles. The van der Waals surface area contributed by atoms with Crippen molar-refractivity contribution in [2.24, 2.45) is 0 Å². The van der Waals surface area contributed by atoms with Crippen LogP contribution in [0.4, 0.5) is 0 Å². The van der Waals surface area contributed by atoms with E-state index in [1.165, 1.54) is 0 Å². The van der Waals surface area contributed by atoms with Crippen LogP contribution < -0.4 is 0 Å². The Morgan fingerprint density at radius 3 is 2.55 bits per heavy atom. The van der Waals surface area contributed by atoms with E-state index in [0.717, 1.165) is 0 Å². The minimum absolute atomic E-state index is 0.108. The maximum Gasteiger partial charge on any atom is 0.113 e. The maximum atomic E-state index is 9.41. The molecule has 3 nitrogen and oxygen atoms in total. The first kappa shape index (κ1) is 8.71. The topological polar surface area (TPSA) is 38.7 Å². The van der Waals surface area contributed by atoms with Crippen LogP contribution in [-0.4, -0.2) is 37.6 Å². The first-order valence-electron chi connectivity index (χ1n) is 3.70. The zero-order valence-electron chi connectivity index (χ0n) is 6.86. The lowest BCUT2D eigenvalue weighted by Crippen LogP contribution is -2.41. The standard InChI is InChI=1S/C8H14O3/c1-10-7-5-3-4-6(9)8(7)11-2/h3,5-9H,4H2,1-2H3/t6-,7-,8+/m0/s1. The summed E-state index contributed by atoms with van der Waals surface area (Å²) in [5, 5.41) is 9.41.